The fourth-order valence-electron chi connectivity index (χ4n) is 2.77. The lowest BCUT2D eigenvalue weighted by Gasteiger charge is -2.36. The van der Waals surface area contributed by atoms with Gasteiger partial charge in [-0.1, -0.05) is 18.2 Å². The molecule has 106 valence electrons. The maximum absolute atomic E-state index is 12.6. The number of hydrogen-bond donors (Lipinski definition) is 0. The van der Waals surface area contributed by atoms with E-state index in [0.29, 0.717) is 10.9 Å². The van der Waals surface area contributed by atoms with E-state index < -0.39 is 0 Å². The Balaban J connectivity index is 1.77. The molecule has 21 heavy (non-hydrogen) atoms. The Morgan fingerprint density at radius 3 is 2.52 bits per heavy atom. The molecule has 0 atom stereocenters. The molecule has 0 radical (unpaired) electrons. The molecular weight excluding hydrogens is 284 g/mol. The van der Waals surface area contributed by atoms with Gasteiger partial charge < -0.3 is 4.90 Å². The van der Waals surface area contributed by atoms with Crippen LogP contribution < -0.4 is 9.80 Å². The predicted molar refractivity (Wildman–Crippen MR) is 82.9 cm³/mol. The van der Waals surface area contributed by atoms with Gasteiger partial charge in [0.05, 0.1) is 16.3 Å². The average Bonchev–Trinajstić information content (AvgIpc) is 3.18. The van der Waals surface area contributed by atoms with Gasteiger partial charge in [0.15, 0.2) is 0 Å². The minimum absolute atomic E-state index is 0.0149. The van der Waals surface area contributed by atoms with Crippen LogP contribution in [0.15, 0.2) is 41.8 Å². The average molecular weight is 298 g/mol. The zero-order valence-corrected chi connectivity index (χ0v) is 12.2. The number of amides is 2. The van der Waals surface area contributed by atoms with Gasteiger partial charge in [-0.15, -0.1) is 11.3 Å². The number of para-hydroxylation sites is 2. The van der Waals surface area contributed by atoms with Gasteiger partial charge in [-0.3, -0.25) is 14.5 Å². The first-order chi connectivity index (χ1) is 10.3. The van der Waals surface area contributed by atoms with Gasteiger partial charge in [0, 0.05) is 6.04 Å². The second kappa shape index (κ2) is 4.70. The van der Waals surface area contributed by atoms with E-state index in [2.05, 4.69) is 0 Å². The van der Waals surface area contributed by atoms with Gasteiger partial charge in [-0.05, 0) is 36.4 Å². The molecule has 2 aliphatic rings. The lowest BCUT2D eigenvalue weighted by molar-refractivity contribution is -0.117. The van der Waals surface area contributed by atoms with E-state index in [9.17, 15) is 9.59 Å². The Kier molecular flexibility index (Phi) is 2.82. The zero-order chi connectivity index (χ0) is 14.4. The van der Waals surface area contributed by atoms with E-state index in [4.69, 9.17) is 0 Å². The Morgan fingerprint density at radius 1 is 1.10 bits per heavy atom. The van der Waals surface area contributed by atoms with Crippen molar-refractivity contribution in [1.29, 1.82) is 0 Å². The highest BCUT2D eigenvalue weighted by Gasteiger charge is 2.40. The number of hydrogen-bond acceptors (Lipinski definition) is 3. The summed E-state index contributed by atoms with van der Waals surface area (Å²) in [6.45, 7) is 0.129. The molecule has 0 spiro atoms. The third-order valence-electron chi connectivity index (χ3n) is 3.88. The quantitative estimate of drug-likeness (QED) is 0.855. The summed E-state index contributed by atoms with van der Waals surface area (Å²) in [7, 11) is 0. The van der Waals surface area contributed by atoms with Crippen LogP contribution in [0.2, 0.25) is 0 Å². The first-order valence-corrected chi connectivity index (χ1v) is 7.90. The van der Waals surface area contributed by atoms with Crippen molar-refractivity contribution in [3.05, 3.63) is 46.7 Å². The molecule has 1 aromatic heterocycles. The molecule has 0 unspecified atom stereocenters. The number of fused-ring (bicyclic) bond motifs is 1. The van der Waals surface area contributed by atoms with Crippen molar-refractivity contribution in [3.63, 3.8) is 0 Å². The second-order valence-electron chi connectivity index (χ2n) is 5.35. The van der Waals surface area contributed by atoms with E-state index in [1.807, 2.05) is 40.6 Å². The monoisotopic (exact) mass is 298 g/mol. The molecule has 1 fully saturated rings. The van der Waals surface area contributed by atoms with E-state index in [1.165, 1.54) is 11.3 Å². The van der Waals surface area contributed by atoms with E-state index in [-0.39, 0.29) is 18.4 Å². The standard InChI is InChI=1S/C16H14N2O2S/c19-15-10-17(16(20)14-6-3-9-21-14)12-4-1-2-5-13(12)18(15)11-7-8-11/h1-6,9,11H,7-8,10H2. The van der Waals surface area contributed by atoms with Crippen LogP contribution in [-0.4, -0.2) is 24.4 Å². The van der Waals surface area contributed by atoms with Gasteiger partial charge in [-0.25, -0.2) is 0 Å². The molecule has 2 heterocycles. The third kappa shape index (κ3) is 2.05. The molecule has 1 aliphatic carbocycles. The highest BCUT2D eigenvalue weighted by Crippen LogP contribution is 2.40. The van der Waals surface area contributed by atoms with Gasteiger partial charge in [0.2, 0.25) is 5.91 Å². The van der Waals surface area contributed by atoms with Crippen LogP contribution in [-0.2, 0) is 4.79 Å². The highest BCUT2D eigenvalue weighted by molar-refractivity contribution is 7.12. The minimum atomic E-state index is -0.0961. The minimum Gasteiger partial charge on any atom is -0.306 e. The van der Waals surface area contributed by atoms with E-state index >= 15 is 0 Å². The van der Waals surface area contributed by atoms with Crippen LogP contribution in [0.25, 0.3) is 0 Å². The molecular formula is C16H14N2O2S. The number of thiophene rings is 1. The maximum Gasteiger partial charge on any atom is 0.268 e. The topological polar surface area (TPSA) is 40.6 Å². The summed E-state index contributed by atoms with van der Waals surface area (Å²) < 4.78 is 0. The number of carbonyl (C=O) groups is 2. The van der Waals surface area contributed by atoms with Crippen molar-refractivity contribution in [3.8, 4) is 0 Å². The summed E-state index contributed by atoms with van der Waals surface area (Å²) in [4.78, 5) is 29.2. The summed E-state index contributed by atoms with van der Waals surface area (Å²) >= 11 is 1.40. The first-order valence-electron chi connectivity index (χ1n) is 7.02. The van der Waals surface area contributed by atoms with Crippen molar-refractivity contribution in [2.75, 3.05) is 16.3 Å². The molecule has 4 nitrogen and oxygen atoms in total. The van der Waals surface area contributed by atoms with Crippen LogP contribution in [0, 0.1) is 0 Å². The molecule has 1 saturated carbocycles. The SMILES string of the molecule is O=C(c1cccs1)N1CC(=O)N(C2CC2)c2ccccc21. The molecule has 1 aliphatic heterocycles. The summed E-state index contributed by atoms with van der Waals surface area (Å²) in [5.41, 5.74) is 1.70. The van der Waals surface area contributed by atoms with Crippen LogP contribution in [0.4, 0.5) is 11.4 Å². The molecule has 0 N–H and O–H groups in total. The van der Waals surface area contributed by atoms with Crippen molar-refractivity contribution >= 4 is 34.5 Å². The first kappa shape index (κ1) is 12.6. The molecule has 0 bridgehead atoms. The number of carbonyl (C=O) groups excluding carboxylic acids is 2. The summed E-state index contributed by atoms with van der Waals surface area (Å²) in [6.07, 6.45) is 2.11. The third-order valence-corrected chi connectivity index (χ3v) is 4.74. The fraction of sp³-hybridized carbons (Fsp3) is 0.250. The molecule has 0 saturated heterocycles. The molecule has 4 rings (SSSR count). The van der Waals surface area contributed by atoms with Gasteiger partial charge >= 0.3 is 0 Å². The van der Waals surface area contributed by atoms with Crippen LogP contribution in [0.3, 0.4) is 0 Å². The number of rotatable bonds is 2. The molecule has 2 aromatic rings. The van der Waals surface area contributed by atoms with E-state index in [0.717, 1.165) is 24.2 Å². The van der Waals surface area contributed by atoms with E-state index in [1.54, 1.807) is 11.0 Å². The van der Waals surface area contributed by atoms with Gasteiger partial charge in [-0.2, -0.15) is 0 Å². The summed E-state index contributed by atoms with van der Waals surface area (Å²) in [5, 5.41) is 1.88. The molecule has 2 amide bonds. The Hall–Kier alpha value is -2.14. The second-order valence-corrected chi connectivity index (χ2v) is 6.30. The molecule has 1 aromatic carbocycles. The van der Waals surface area contributed by atoms with Crippen molar-refractivity contribution in [2.45, 2.75) is 18.9 Å². The summed E-state index contributed by atoms with van der Waals surface area (Å²) in [6, 6.07) is 11.6. The largest absolute Gasteiger partial charge is 0.306 e. The maximum atomic E-state index is 12.6. The zero-order valence-electron chi connectivity index (χ0n) is 11.4. The van der Waals surface area contributed by atoms with Crippen molar-refractivity contribution in [1.82, 2.24) is 0 Å². The van der Waals surface area contributed by atoms with Gasteiger partial charge in [0.25, 0.3) is 5.91 Å². The Bertz CT molecular complexity index is 707. The Morgan fingerprint density at radius 2 is 1.86 bits per heavy atom. The normalized spacial score (nSPS) is 17.8. The smallest absolute Gasteiger partial charge is 0.268 e. The Labute approximate surface area is 126 Å². The van der Waals surface area contributed by atoms with Crippen molar-refractivity contribution < 1.29 is 9.59 Å². The van der Waals surface area contributed by atoms with Crippen LogP contribution in [0.5, 0.6) is 0 Å². The summed E-state index contributed by atoms with van der Waals surface area (Å²) in [5.74, 6) is -0.0812. The van der Waals surface area contributed by atoms with Crippen molar-refractivity contribution in [2.24, 2.45) is 0 Å². The number of benzene rings is 1. The fourth-order valence-corrected chi connectivity index (χ4v) is 3.45. The lowest BCUT2D eigenvalue weighted by atomic mass is 10.1. The van der Waals surface area contributed by atoms with Crippen LogP contribution in [0.1, 0.15) is 22.5 Å². The van der Waals surface area contributed by atoms with Gasteiger partial charge in [0.1, 0.15) is 6.54 Å². The van der Waals surface area contributed by atoms with Crippen LogP contribution >= 0.6 is 11.3 Å². The lowest BCUT2D eigenvalue weighted by Crippen LogP contribution is -2.48. The number of nitrogens with zero attached hydrogens (tertiary/aromatic N) is 2. The molecule has 5 heteroatoms. The predicted octanol–water partition coefficient (Wildman–Crippen LogP) is 2.90. The highest BCUT2D eigenvalue weighted by atomic mass is 32.1. The number of anilines is 2.